The topological polar surface area (TPSA) is 43.5 Å². The maximum Gasteiger partial charge on any atom is 0.200 e. The van der Waals surface area contributed by atoms with Gasteiger partial charge in [-0.1, -0.05) is 109 Å². The van der Waals surface area contributed by atoms with Crippen LogP contribution in [-0.2, 0) is 0 Å². The summed E-state index contributed by atoms with van der Waals surface area (Å²) in [4.78, 5) is 0. The van der Waals surface area contributed by atoms with Gasteiger partial charge in [0, 0.05) is 60.0 Å². The number of hydrogen-bond donors (Lipinski definition) is 0. The Morgan fingerprint density at radius 2 is 0.563 bits per heavy atom. The number of benzene rings is 10. The van der Waals surface area contributed by atoms with E-state index in [-0.39, 0.29) is 22.5 Å². The van der Waals surface area contributed by atoms with E-state index >= 15 is 22.0 Å². The summed E-state index contributed by atoms with van der Waals surface area (Å²) in [5.74, 6) is -10.5. The second-order valence-electron chi connectivity index (χ2n) is 17.8. The SMILES string of the molecule is N#Cc1cc(-n2c3ccccc3c3cc(-n4c5ccccc5c5ccccc54)ccc32)c(-c2c(F)c(F)c(F)c(F)c2F)c(-n2c3ccccc3c3cc(-n4c5ccccc5c5ccccc54)ccc32)c1. The monoisotopic (exact) mass is 929 g/mol. The van der Waals surface area contributed by atoms with Crippen LogP contribution >= 0.6 is 0 Å². The van der Waals surface area contributed by atoms with Crippen molar-refractivity contribution >= 4 is 87.2 Å². The summed E-state index contributed by atoms with van der Waals surface area (Å²) in [7, 11) is 0. The van der Waals surface area contributed by atoms with E-state index in [9.17, 15) is 5.26 Å². The van der Waals surface area contributed by atoms with Gasteiger partial charge < -0.3 is 18.3 Å². The van der Waals surface area contributed by atoms with E-state index in [1.807, 2.05) is 133 Å². The van der Waals surface area contributed by atoms with Gasteiger partial charge in [0.1, 0.15) is 0 Å². The van der Waals surface area contributed by atoms with Gasteiger partial charge in [0.05, 0.1) is 72.7 Å². The molecule has 14 aromatic rings. The zero-order chi connectivity index (χ0) is 47.8. The number of halogens is 5. The van der Waals surface area contributed by atoms with Crippen molar-refractivity contribution in [2.45, 2.75) is 0 Å². The third-order valence-electron chi connectivity index (χ3n) is 14.2. The normalized spacial score (nSPS) is 12.0. The van der Waals surface area contributed by atoms with E-state index < -0.39 is 34.6 Å². The summed E-state index contributed by atoms with van der Waals surface area (Å²) >= 11 is 0. The summed E-state index contributed by atoms with van der Waals surface area (Å²) < 4.78 is 88.3. The van der Waals surface area contributed by atoms with E-state index in [1.165, 1.54) is 12.1 Å². The van der Waals surface area contributed by atoms with Crippen LogP contribution in [0.1, 0.15) is 5.56 Å². The molecule has 10 heteroatoms. The van der Waals surface area contributed by atoms with Crippen LogP contribution in [0.5, 0.6) is 0 Å². The Morgan fingerprint density at radius 1 is 0.282 bits per heavy atom. The van der Waals surface area contributed by atoms with Crippen molar-refractivity contribution in [3.05, 3.63) is 229 Å². The van der Waals surface area contributed by atoms with Gasteiger partial charge in [0.25, 0.3) is 0 Å². The molecule has 4 aromatic heterocycles. The Labute approximate surface area is 399 Å². The van der Waals surface area contributed by atoms with Crippen LogP contribution in [0.25, 0.3) is 121 Å². The lowest BCUT2D eigenvalue weighted by atomic mass is 9.96. The van der Waals surface area contributed by atoms with E-state index in [0.29, 0.717) is 22.1 Å². The summed E-state index contributed by atoms with van der Waals surface area (Å²) in [5.41, 5.74) is 6.66. The number of rotatable bonds is 5. The van der Waals surface area contributed by atoms with E-state index in [4.69, 9.17) is 0 Å². The van der Waals surface area contributed by atoms with Crippen molar-refractivity contribution in [2.75, 3.05) is 0 Å². The molecule has 0 unspecified atom stereocenters. The van der Waals surface area contributed by atoms with Crippen LogP contribution in [0.3, 0.4) is 0 Å². The molecular formula is C61H32F5N5. The third-order valence-corrected chi connectivity index (χ3v) is 14.2. The van der Waals surface area contributed by atoms with Gasteiger partial charge in [-0.05, 0) is 84.9 Å². The molecule has 14 rings (SSSR count). The highest BCUT2D eigenvalue weighted by Crippen LogP contribution is 2.46. The summed E-state index contributed by atoms with van der Waals surface area (Å²) in [5, 5.41) is 18.2. The first-order chi connectivity index (χ1) is 34.8. The highest BCUT2D eigenvalue weighted by molar-refractivity contribution is 6.15. The molecule has 0 spiro atoms. The van der Waals surface area contributed by atoms with E-state index in [2.05, 4.69) is 63.7 Å². The molecule has 4 heterocycles. The fraction of sp³-hybridized carbons (Fsp3) is 0. The molecule has 0 radical (unpaired) electrons. The predicted octanol–water partition coefficient (Wildman–Crippen LogP) is 16.3. The Kier molecular flexibility index (Phi) is 8.59. The molecular weight excluding hydrogens is 898 g/mol. The van der Waals surface area contributed by atoms with Crippen molar-refractivity contribution in [3.8, 4) is 39.9 Å². The van der Waals surface area contributed by atoms with Gasteiger partial charge >= 0.3 is 0 Å². The quantitative estimate of drug-likeness (QED) is 0.0963. The van der Waals surface area contributed by atoms with Crippen LogP contribution in [0.2, 0.25) is 0 Å². The molecule has 5 nitrogen and oxygen atoms in total. The molecule has 336 valence electrons. The fourth-order valence-electron chi connectivity index (χ4n) is 11.2. The molecule has 0 amide bonds. The Balaban J connectivity index is 1.10. The Morgan fingerprint density at radius 3 is 0.901 bits per heavy atom. The molecule has 0 N–H and O–H groups in total. The Hall–Kier alpha value is -9.46. The van der Waals surface area contributed by atoms with Gasteiger partial charge in [-0.25, -0.2) is 22.0 Å². The molecule has 0 bridgehead atoms. The number of fused-ring (bicyclic) bond motifs is 12. The van der Waals surface area contributed by atoms with Crippen LogP contribution in [0.4, 0.5) is 22.0 Å². The largest absolute Gasteiger partial charge is 0.309 e. The zero-order valence-electron chi connectivity index (χ0n) is 37.1. The molecule has 0 saturated carbocycles. The maximum absolute atomic E-state index is 16.9. The molecule has 0 aliphatic carbocycles. The highest BCUT2D eigenvalue weighted by atomic mass is 19.2. The average molecular weight is 930 g/mol. The summed E-state index contributed by atoms with van der Waals surface area (Å²) in [6.45, 7) is 0. The minimum Gasteiger partial charge on any atom is -0.309 e. The van der Waals surface area contributed by atoms with Crippen molar-refractivity contribution in [3.63, 3.8) is 0 Å². The van der Waals surface area contributed by atoms with Gasteiger partial charge in [0.15, 0.2) is 23.3 Å². The van der Waals surface area contributed by atoms with Crippen molar-refractivity contribution < 1.29 is 22.0 Å². The number of nitriles is 1. The highest BCUT2D eigenvalue weighted by Gasteiger charge is 2.33. The Bertz CT molecular complexity index is 4290. The lowest BCUT2D eigenvalue weighted by Crippen LogP contribution is -2.10. The van der Waals surface area contributed by atoms with E-state index in [0.717, 1.165) is 76.5 Å². The first-order valence-electron chi connectivity index (χ1n) is 22.9. The van der Waals surface area contributed by atoms with Gasteiger partial charge in [-0.2, -0.15) is 5.26 Å². The minimum absolute atomic E-state index is 0.0332. The second-order valence-corrected chi connectivity index (χ2v) is 17.8. The summed E-state index contributed by atoms with van der Waals surface area (Å²) in [6.07, 6.45) is 0. The third kappa shape index (κ3) is 5.60. The van der Waals surface area contributed by atoms with Crippen molar-refractivity contribution in [1.82, 2.24) is 18.3 Å². The molecule has 0 fully saturated rings. The molecule has 10 aromatic carbocycles. The van der Waals surface area contributed by atoms with Crippen molar-refractivity contribution in [1.29, 1.82) is 5.26 Å². The molecule has 71 heavy (non-hydrogen) atoms. The molecule has 0 aliphatic heterocycles. The van der Waals surface area contributed by atoms with Crippen LogP contribution in [0.15, 0.2) is 194 Å². The molecule has 0 atom stereocenters. The zero-order valence-corrected chi connectivity index (χ0v) is 37.1. The van der Waals surface area contributed by atoms with Gasteiger partial charge in [-0.15, -0.1) is 0 Å². The fourth-order valence-corrected chi connectivity index (χ4v) is 11.2. The maximum atomic E-state index is 16.9. The molecule has 0 aliphatic rings. The standard InChI is InChI=1S/C61H32F5N5/c62-57-56(58(63)60(65)61(66)59(57)64)55-53(70-49-23-11-5-17-41(49)43-31-35(25-27-51(43)70)68-45-19-7-1-13-37(45)38-14-2-8-20-46(38)68)29-34(33-67)30-54(55)71-50-24-12-6-18-42(50)44-32-36(26-28-52(44)71)69-47-21-9-3-15-39(47)40-16-4-10-22-48(40)69/h1-32H. The first kappa shape index (κ1) is 40.6. The molecule has 0 saturated heterocycles. The number of nitrogens with zero attached hydrogens (tertiary/aromatic N) is 5. The minimum atomic E-state index is -2.27. The first-order valence-corrected chi connectivity index (χ1v) is 22.9. The number of para-hydroxylation sites is 6. The average Bonchev–Trinajstić information content (AvgIpc) is 4.15. The second kappa shape index (κ2) is 15.0. The van der Waals surface area contributed by atoms with Crippen LogP contribution in [0, 0.1) is 40.4 Å². The van der Waals surface area contributed by atoms with E-state index in [1.54, 1.807) is 9.13 Å². The number of aromatic nitrogens is 4. The predicted molar refractivity (Wildman–Crippen MR) is 274 cm³/mol. The smallest absolute Gasteiger partial charge is 0.200 e. The lowest BCUT2D eigenvalue weighted by Gasteiger charge is -2.22. The van der Waals surface area contributed by atoms with Crippen molar-refractivity contribution in [2.24, 2.45) is 0 Å². The lowest BCUT2D eigenvalue weighted by molar-refractivity contribution is 0.381. The van der Waals surface area contributed by atoms with Gasteiger partial charge in [0.2, 0.25) is 5.82 Å². The van der Waals surface area contributed by atoms with Crippen LogP contribution < -0.4 is 0 Å². The number of hydrogen-bond acceptors (Lipinski definition) is 1. The summed E-state index contributed by atoms with van der Waals surface area (Å²) in [6, 6.07) is 64.5. The van der Waals surface area contributed by atoms with Crippen LogP contribution in [-0.4, -0.2) is 18.3 Å². The van der Waals surface area contributed by atoms with Gasteiger partial charge in [-0.3, -0.25) is 0 Å².